The van der Waals surface area contributed by atoms with E-state index in [2.05, 4.69) is 14.9 Å². The molecule has 1 N–H and O–H groups in total. The van der Waals surface area contributed by atoms with Crippen molar-refractivity contribution in [2.45, 2.75) is 18.2 Å². The van der Waals surface area contributed by atoms with E-state index < -0.39 is 15.8 Å². The first-order chi connectivity index (χ1) is 12.9. The van der Waals surface area contributed by atoms with Gasteiger partial charge in [-0.05, 0) is 42.8 Å². The van der Waals surface area contributed by atoms with Gasteiger partial charge in [-0.15, -0.1) is 10.2 Å². The van der Waals surface area contributed by atoms with Crippen molar-refractivity contribution in [2.24, 2.45) is 0 Å². The Labute approximate surface area is 156 Å². The van der Waals surface area contributed by atoms with E-state index in [0.29, 0.717) is 17.2 Å². The Balaban J connectivity index is 1.66. The zero-order valence-corrected chi connectivity index (χ0v) is 15.6. The topological polar surface area (TPSA) is 94.3 Å². The van der Waals surface area contributed by atoms with Gasteiger partial charge in [0.1, 0.15) is 11.6 Å². The maximum atomic E-state index is 13.3. The molecule has 0 saturated heterocycles. The van der Waals surface area contributed by atoms with Gasteiger partial charge in [0.05, 0.1) is 17.6 Å². The molecule has 1 aromatic heterocycles. The number of nitrogens with one attached hydrogen (secondary N) is 1. The van der Waals surface area contributed by atoms with Gasteiger partial charge in [-0.1, -0.05) is 12.1 Å². The first-order valence-electron chi connectivity index (χ1n) is 8.12. The predicted molar refractivity (Wildman–Crippen MR) is 96.3 cm³/mol. The van der Waals surface area contributed by atoms with Crippen molar-refractivity contribution >= 4 is 10.0 Å². The van der Waals surface area contributed by atoms with Crippen LogP contribution in [0.5, 0.6) is 5.75 Å². The van der Waals surface area contributed by atoms with Crippen molar-refractivity contribution in [1.82, 2.24) is 14.9 Å². The lowest BCUT2D eigenvalue weighted by atomic mass is 10.2. The van der Waals surface area contributed by atoms with E-state index >= 15 is 0 Å². The lowest BCUT2D eigenvalue weighted by Gasteiger charge is -2.07. The summed E-state index contributed by atoms with van der Waals surface area (Å²) in [5.41, 5.74) is 0.914. The molecule has 0 fully saturated rings. The molecule has 7 nitrogen and oxygen atoms in total. The molecule has 1 heterocycles. The monoisotopic (exact) mass is 391 g/mol. The second-order valence-electron chi connectivity index (χ2n) is 5.76. The van der Waals surface area contributed by atoms with E-state index in [-0.39, 0.29) is 29.3 Å². The fourth-order valence-corrected chi connectivity index (χ4v) is 3.56. The smallest absolute Gasteiger partial charge is 0.251 e. The Hall–Kier alpha value is -2.78. The summed E-state index contributed by atoms with van der Waals surface area (Å²) in [6.45, 7) is 1.57. The van der Waals surface area contributed by atoms with Gasteiger partial charge in [0.2, 0.25) is 15.9 Å². The van der Waals surface area contributed by atoms with Gasteiger partial charge in [-0.2, -0.15) is 0 Å². The largest absolute Gasteiger partial charge is 0.496 e. The molecule has 0 atom stereocenters. The predicted octanol–water partition coefficient (Wildman–Crippen LogP) is 2.71. The lowest BCUT2D eigenvalue weighted by Crippen LogP contribution is -2.26. The quantitative estimate of drug-likeness (QED) is 0.666. The summed E-state index contributed by atoms with van der Waals surface area (Å²) in [6, 6.07) is 10.8. The minimum Gasteiger partial charge on any atom is -0.496 e. The average molecular weight is 391 g/mol. The van der Waals surface area contributed by atoms with Crippen molar-refractivity contribution in [1.29, 1.82) is 0 Å². The molecule has 27 heavy (non-hydrogen) atoms. The summed E-state index contributed by atoms with van der Waals surface area (Å²) >= 11 is 0. The fraction of sp³-hybridized carbons (Fsp3) is 0.222. The number of benzene rings is 2. The van der Waals surface area contributed by atoms with Gasteiger partial charge in [-0.25, -0.2) is 17.5 Å². The summed E-state index contributed by atoms with van der Waals surface area (Å²) in [5.74, 6) is 0.720. The fourth-order valence-electron chi connectivity index (χ4n) is 2.44. The van der Waals surface area contributed by atoms with Gasteiger partial charge >= 0.3 is 0 Å². The van der Waals surface area contributed by atoms with E-state index in [0.717, 1.165) is 6.07 Å². The summed E-state index contributed by atoms with van der Waals surface area (Å²) < 4.78 is 51.1. The first kappa shape index (κ1) is 19.0. The number of nitrogens with zero attached hydrogens (tertiary/aromatic N) is 2. The van der Waals surface area contributed by atoms with Crippen LogP contribution in [-0.4, -0.2) is 32.3 Å². The van der Waals surface area contributed by atoms with Crippen molar-refractivity contribution in [3.05, 3.63) is 59.7 Å². The highest BCUT2D eigenvalue weighted by molar-refractivity contribution is 7.89. The number of halogens is 1. The molecule has 2 aromatic carbocycles. The minimum absolute atomic E-state index is 0.00152. The van der Waals surface area contributed by atoms with Crippen LogP contribution >= 0.6 is 0 Å². The summed E-state index contributed by atoms with van der Waals surface area (Å²) in [4.78, 5) is 0.00152. The molecular weight excluding hydrogens is 373 g/mol. The maximum absolute atomic E-state index is 13.3. The Morgan fingerprint density at radius 1 is 1.19 bits per heavy atom. The van der Waals surface area contributed by atoms with Crippen molar-refractivity contribution in [2.75, 3.05) is 13.7 Å². The molecule has 9 heteroatoms. The minimum atomic E-state index is -3.75. The number of rotatable bonds is 7. The molecule has 3 rings (SSSR count). The summed E-state index contributed by atoms with van der Waals surface area (Å²) in [5, 5.41) is 7.90. The van der Waals surface area contributed by atoms with E-state index in [1.54, 1.807) is 19.2 Å². The molecule has 0 aliphatic rings. The highest BCUT2D eigenvalue weighted by Gasteiger charge is 2.17. The second kappa shape index (κ2) is 7.85. The SMILES string of the molecule is COc1ccccc1-c1nnc(CCNS(=O)(=O)c2ccc(F)c(C)c2)o1. The second-order valence-corrected chi connectivity index (χ2v) is 7.53. The normalized spacial score (nSPS) is 11.5. The van der Waals surface area contributed by atoms with Crippen LogP contribution in [0.1, 0.15) is 11.5 Å². The molecule has 0 aliphatic heterocycles. The maximum Gasteiger partial charge on any atom is 0.251 e. The Kier molecular flexibility index (Phi) is 5.52. The summed E-state index contributed by atoms with van der Waals surface area (Å²) in [6.07, 6.45) is 0.210. The molecule has 0 aliphatic carbocycles. The van der Waals surface area contributed by atoms with Crippen molar-refractivity contribution < 1.29 is 22.0 Å². The number of methoxy groups -OCH3 is 1. The van der Waals surface area contributed by atoms with Gasteiger partial charge < -0.3 is 9.15 Å². The molecule has 3 aromatic rings. The van der Waals surface area contributed by atoms with Crippen LogP contribution in [0.4, 0.5) is 4.39 Å². The first-order valence-corrected chi connectivity index (χ1v) is 9.60. The van der Waals surface area contributed by atoms with E-state index in [1.807, 2.05) is 12.1 Å². The molecule has 0 saturated carbocycles. The van der Waals surface area contributed by atoms with Crippen LogP contribution in [0.3, 0.4) is 0 Å². The standard InChI is InChI=1S/C18H18FN3O4S/c1-12-11-13(7-8-15(12)19)27(23,24)20-10-9-17-21-22-18(26-17)14-5-3-4-6-16(14)25-2/h3-8,11,20H,9-10H2,1-2H3. The van der Waals surface area contributed by atoms with Gasteiger partial charge in [0.15, 0.2) is 0 Å². The van der Waals surface area contributed by atoms with Gasteiger partial charge in [-0.3, -0.25) is 0 Å². The third kappa shape index (κ3) is 4.32. The third-order valence-electron chi connectivity index (χ3n) is 3.87. The van der Waals surface area contributed by atoms with Crippen LogP contribution in [0.15, 0.2) is 51.8 Å². The molecule has 0 unspecified atom stereocenters. The Morgan fingerprint density at radius 3 is 2.70 bits per heavy atom. The van der Waals surface area contributed by atoms with E-state index in [4.69, 9.17) is 9.15 Å². The van der Waals surface area contributed by atoms with Crippen LogP contribution in [0, 0.1) is 12.7 Å². The van der Waals surface area contributed by atoms with Gasteiger partial charge in [0.25, 0.3) is 5.89 Å². The van der Waals surface area contributed by atoms with E-state index in [9.17, 15) is 12.8 Å². The van der Waals surface area contributed by atoms with Crippen molar-refractivity contribution in [3.8, 4) is 17.2 Å². The molecule has 0 bridgehead atoms. The third-order valence-corrected chi connectivity index (χ3v) is 5.33. The van der Waals surface area contributed by atoms with E-state index in [1.165, 1.54) is 19.1 Å². The summed E-state index contributed by atoms with van der Waals surface area (Å²) in [7, 11) is -2.21. The van der Waals surface area contributed by atoms with Crippen LogP contribution in [0.2, 0.25) is 0 Å². The highest BCUT2D eigenvalue weighted by Crippen LogP contribution is 2.28. The number of para-hydroxylation sites is 1. The number of sulfonamides is 1. The zero-order valence-electron chi connectivity index (χ0n) is 14.8. The number of hydrogen-bond donors (Lipinski definition) is 1. The molecule has 142 valence electrons. The molecule has 0 radical (unpaired) electrons. The number of aromatic nitrogens is 2. The highest BCUT2D eigenvalue weighted by atomic mass is 32.2. The number of hydrogen-bond acceptors (Lipinski definition) is 6. The van der Waals surface area contributed by atoms with Crippen LogP contribution in [-0.2, 0) is 16.4 Å². The van der Waals surface area contributed by atoms with Crippen molar-refractivity contribution in [3.63, 3.8) is 0 Å². The number of aryl methyl sites for hydroxylation is 1. The Bertz CT molecular complexity index is 1050. The lowest BCUT2D eigenvalue weighted by molar-refractivity contribution is 0.413. The van der Waals surface area contributed by atoms with Crippen LogP contribution < -0.4 is 9.46 Å². The average Bonchev–Trinajstić information content (AvgIpc) is 3.12. The number of ether oxygens (including phenoxy) is 1. The van der Waals surface area contributed by atoms with Crippen LogP contribution in [0.25, 0.3) is 11.5 Å². The molecular formula is C18H18FN3O4S. The molecule has 0 spiro atoms. The Morgan fingerprint density at radius 2 is 1.96 bits per heavy atom. The van der Waals surface area contributed by atoms with Gasteiger partial charge in [0, 0.05) is 13.0 Å². The zero-order chi connectivity index (χ0) is 19.4. The molecule has 0 amide bonds.